The molecule has 0 aliphatic rings. The van der Waals surface area contributed by atoms with Gasteiger partial charge < -0.3 is 14.0 Å². The van der Waals surface area contributed by atoms with E-state index in [1.54, 1.807) is 7.11 Å². The molecule has 0 spiro atoms. The predicted molar refractivity (Wildman–Crippen MR) is 106 cm³/mol. The summed E-state index contributed by atoms with van der Waals surface area (Å²) >= 11 is 0. The minimum Gasteiger partial charge on any atom is -0.493 e. The Bertz CT molecular complexity index is 854. The quantitative estimate of drug-likeness (QED) is 0.390. The number of benzene rings is 2. The van der Waals surface area contributed by atoms with Crippen molar-refractivity contribution in [3.05, 3.63) is 72.6 Å². The molecule has 0 radical (unpaired) electrons. The molecule has 1 heterocycles. The number of nitrogens with zero attached hydrogens (tertiary/aromatic N) is 2. The van der Waals surface area contributed by atoms with Gasteiger partial charge in [0.05, 0.1) is 17.6 Å². The van der Waals surface area contributed by atoms with E-state index in [0.717, 1.165) is 48.4 Å². The van der Waals surface area contributed by atoms with Gasteiger partial charge in [-0.15, -0.1) is 6.58 Å². The van der Waals surface area contributed by atoms with Gasteiger partial charge in [0, 0.05) is 13.7 Å². The highest BCUT2D eigenvalue weighted by Crippen LogP contribution is 2.20. The lowest BCUT2D eigenvalue weighted by Crippen LogP contribution is -2.07. The molecular weight excluding hydrogens is 324 g/mol. The van der Waals surface area contributed by atoms with E-state index in [1.165, 1.54) is 5.56 Å². The third-order valence-electron chi connectivity index (χ3n) is 4.38. The van der Waals surface area contributed by atoms with Gasteiger partial charge in [0.2, 0.25) is 0 Å². The summed E-state index contributed by atoms with van der Waals surface area (Å²) in [6.07, 6.45) is 4.75. The summed E-state index contributed by atoms with van der Waals surface area (Å²) < 4.78 is 13.5. The Morgan fingerprint density at radius 1 is 1.08 bits per heavy atom. The number of allylic oxidation sites excluding steroid dienone is 1. The van der Waals surface area contributed by atoms with Crippen LogP contribution in [0.4, 0.5) is 0 Å². The van der Waals surface area contributed by atoms with Crippen molar-refractivity contribution in [1.82, 2.24) is 9.55 Å². The zero-order chi connectivity index (χ0) is 18.2. The van der Waals surface area contributed by atoms with Gasteiger partial charge in [-0.2, -0.15) is 0 Å². The van der Waals surface area contributed by atoms with E-state index < -0.39 is 0 Å². The normalized spacial score (nSPS) is 11.0. The van der Waals surface area contributed by atoms with E-state index in [9.17, 15) is 0 Å². The Kier molecular flexibility index (Phi) is 6.45. The molecule has 2 aromatic carbocycles. The summed E-state index contributed by atoms with van der Waals surface area (Å²) in [5, 5.41) is 0. The molecule has 4 heteroatoms. The molecule has 136 valence electrons. The summed E-state index contributed by atoms with van der Waals surface area (Å²) in [6, 6.07) is 16.4. The highest BCUT2D eigenvalue weighted by Gasteiger charge is 2.09. The fourth-order valence-corrected chi connectivity index (χ4v) is 3.14. The van der Waals surface area contributed by atoms with Crippen molar-refractivity contribution in [3.63, 3.8) is 0 Å². The summed E-state index contributed by atoms with van der Waals surface area (Å²) in [7, 11) is 1.71. The molecule has 0 saturated carbocycles. The number of aromatic nitrogens is 2. The molecule has 26 heavy (non-hydrogen) atoms. The SMILES string of the molecule is C=CCc1ccccc1OCCCCn1c(COC)nc2ccccc21. The van der Waals surface area contributed by atoms with Crippen molar-refractivity contribution in [2.75, 3.05) is 13.7 Å². The first-order valence-electron chi connectivity index (χ1n) is 9.08. The van der Waals surface area contributed by atoms with Crippen LogP contribution in [-0.4, -0.2) is 23.3 Å². The van der Waals surface area contributed by atoms with Crippen LogP contribution in [0.3, 0.4) is 0 Å². The number of fused-ring (bicyclic) bond motifs is 1. The fraction of sp³-hybridized carbons (Fsp3) is 0.318. The minimum atomic E-state index is 0.528. The topological polar surface area (TPSA) is 36.3 Å². The number of methoxy groups -OCH3 is 1. The number of para-hydroxylation sites is 3. The van der Waals surface area contributed by atoms with Gasteiger partial charge >= 0.3 is 0 Å². The van der Waals surface area contributed by atoms with E-state index in [1.807, 2.05) is 36.4 Å². The summed E-state index contributed by atoms with van der Waals surface area (Å²) in [5.74, 6) is 1.94. The number of rotatable bonds is 10. The third kappa shape index (κ3) is 4.33. The van der Waals surface area contributed by atoms with Gasteiger partial charge in [0.15, 0.2) is 0 Å². The van der Waals surface area contributed by atoms with Gasteiger partial charge in [-0.1, -0.05) is 36.4 Å². The maximum absolute atomic E-state index is 5.98. The highest BCUT2D eigenvalue weighted by atomic mass is 16.5. The molecule has 0 aliphatic carbocycles. The number of hydrogen-bond donors (Lipinski definition) is 0. The first-order valence-corrected chi connectivity index (χ1v) is 9.08. The summed E-state index contributed by atoms with van der Waals surface area (Å²) in [6.45, 7) is 5.96. The molecule has 3 aromatic rings. The maximum Gasteiger partial charge on any atom is 0.135 e. The van der Waals surface area contributed by atoms with Crippen molar-refractivity contribution in [3.8, 4) is 5.75 Å². The maximum atomic E-state index is 5.98. The number of hydrogen-bond acceptors (Lipinski definition) is 3. The van der Waals surface area contributed by atoms with Crippen LogP contribution < -0.4 is 4.74 Å². The smallest absolute Gasteiger partial charge is 0.135 e. The Balaban J connectivity index is 1.56. The van der Waals surface area contributed by atoms with Crippen molar-refractivity contribution < 1.29 is 9.47 Å². The lowest BCUT2D eigenvalue weighted by molar-refractivity contribution is 0.174. The second-order valence-corrected chi connectivity index (χ2v) is 6.26. The van der Waals surface area contributed by atoms with E-state index in [0.29, 0.717) is 13.2 Å². The third-order valence-corrected chi connectivity index (χ3v) is 4.38. The molecule has 0 N–H and O–H groups in total. The zero-order valence-corrected chi connectivity index (χ0v) is 15.4. The van der Waals surface area contributed by atoms with E-state index >= 15 is 0 Å². The van der Waals surface area contributed by atoms with E-state index in [-0.39, 0.29) is 0 Å². The number of unbranched alkanes of at least 4 members (excludes halogenated alkanes) is 1. The van der Waals surface area contributed by atoms with Gasteiger partial charge in [-0.3, -0.25) is 0 Å². The first kappa shape index (κ1) is 18.2. The molecule has 0 unspecified atom stereocenters. The van der Waals surface area contributed by atoms with Crippen LogP contribution in [0.5, 0.6) is 5.75 Å². The fourth-order valence-electron chi connectivity index (χ4n) is 3.14. The number of imidazole rings is 1. The van der Waals surface area contributed by atoms with Crippen LogP contribution in [0.15, 0.2) is 61.2 Å². The van der Waals surface area contributed by atoms with E-state index in [4.69, 9.17) is 9.47 Å². The summed E-state index contributed by atoms with van der Waals surface area (Å²) in [5.41, 5.74) is 3.37. The molecule has 0 saturated heterocycles. The van der Waals surface area contributed by atoms with Crippen LogP contribution in [-0.2, 0) is 24.3 Å². The number of ether oxygens (including phenoxy) is 2. The lowest BCUT2D eigenvalue weighted by atomic mass is 10.1. The molecule has 0 bridgehead atoms. The van der Waals surface area contributed by atoms with Crippen LogP contribution in [0.2, 0.25) is 0 Å². The Labute approximate surface area is 155 Å². The lowest BCUT2D eigenvalue weighted by Gasteiger charge is -2.11. The summed E-state index contributed by atoms with van der Waals surface area (Å²) in [4.78, 5) is 4.68. The van der Waals surface area contributed by atoms with Crippen molar-refractivity contribution in [2.24, 2.45) is 0 Å². The molecule has 0 fully saturated rings. The molecule has 0 aliphatic heterocycles. The molecule has 0 amide bonds. The molecule has 1 aromatic heterocycles. The van der Waals surface area contributed by atoms with Gasteiger partial charge in [0.25, 0.3) is 0 Å². The average Bonchev–Trinajstić information content (AvgIpc) is 3.01. The Hall–Kier alpha value is -2.59. The van der Waals surface area contributed by atoms with Crippen molar-refractivity contribution in [2.45, 2.75) is 32.4 Å². The Morgan fingerprint density at radius 2 is 1.88 bits per heavy atom. The standard InChI is InChI=1S/C22H26N2O2/c1-3-10-18-11-4-7-14-21(18)26-16-9-8-15-24-20-13-6-5-12-19(20)23-22(24)17-25-2/h3-7,11-14H,1,8-10,15-17H2,2H3. The minimum absolute atomic E-state index is 0.528. The second-order valence-electron chi connectivity index (χ2n) is 6.26. The monoisotopic (exact) mass is 350 g/mol. The average molecular weight is 350 g/mol. The molecule has 3 rings (SSSR count). The van der Waals surface area contributed by atoms with Gasteiger partial charge in [-0.05, 0) is 43.0 Å². The molecular formula is C22H26N2O2. The van der Waals surface area contributed by atoms with Gasteiger partial charge in [-0.25, -0.2) is 4.98 Å². The zero-order valence-electron chi connectivity index (χ0n) is 15.4. The van der Waals surface area contributed by atoms with Crippen LogP contribution in [0, 0.1) is 0 Å². The van der Waals surface area contributed by atoms with Gasteiger partial charge in [0.1, 0.15) is 18.2 Å². The van der Waals surface area contributed by atoms with E-state index in [2.05, 4.69) is 34.3 Å². The van der Waals surface area contributed by atoms with Crippen molar-refractivity contribution >= 4 is 11.0 Å². The van der Waals surface area contributed by atoms with Crippen LogP contribution >= 0.6 is 0 Å². The number of aryl methyl sites for hydroxylation is 1. The van der Waals surface area contributed by atoms with Crippen molar-refractivity contribution in [1.29, 1.82) is 0 Å². The largest absolute Gasteiger partial charge is 0.493 e. The van der Waals surface area contributed by atoms with Crippen LogP contribution in [0.25, 0.3) is 11.0 Å². The molecule has 4 nitrogen and oxygen atoms in total. The second kappa shape index (κ2) is 9.20. The highest BCUT2D eigenvalue weighted by molar-refractivity contribution is 5.75. The molecule has 0 atom stereocenters. The van der Waals surface area contributed by atoms with Crippen LogP contribution in [0.1, 0.15) is 24.2 Å². The Morgan fingerprint density at radius 3 is 2.73 bits per heavy atom. The predicted octanol–water partition coefficient (Wildman–Crippen LogP) is 4.77. The first-order chi connectivity index (χ1) is 12.8.